The highest BCUT2D eigenvalue weighted by Gasteiger charge is 2.25. The zero-order valence-electron chi connectivity index (χ0n) is 12.3. The van der Waals surface area contributed by atoms with Crippen molar-refractivity contribution in [3.63, 3.8) is 0 Å². The molecule has 110 valence electrons. The molecule has 0 aliphatic carbocycles. The number of amides is 1. The van der Waals surface area contributed by atoms with Crippen LogP contribution in [0.1, 0.15) is 37.0 Å². The van der Waals surface area contributed by atoms with E-state index in [-0.39, 0.29) is 5.91 Å². The van der Waals surface area contributed by atoms with Crippen LogP contribution in [-0.2, 0) is 0 Å². The van der Waals surface area contributed by atoms with E-state index in [0.29, 0.717) is 6.04 Å². The summed E-state index contributed by atoms with van der Waals surface area (Å²) in [5.41, 5.74) is 0.787. The summed E-state index contributed by atoms with van der Waals surface area (Å²) in [7, 11) is 0. The van der Waals surface area contributed by atoms with E-state index < -0.39 is 0 Å². The van der Waals surface area contributed by atoms with Crippen molar-refractivity contribution in [2.75, 3.05) is 26.2 Å². The summed E-state index contributed by atoms with van der Waals surface area (Å²) < 4.78 is 1.01. The summed E-state index contributed by atoms with van der Waals surface area (Å²) >= 11 is 3.40. The van der Waals surface area contributed by atoms with E-state index >= 15 is 0 Å². The van der Waals surface area contributed by atoms with Gasteiger partial charge in [0.25, 0.3) is 5.91 Å². The molecular weight excluding hydrogens is 316 g/mol. The number of piperidine rings is 1. The van der Waals surface area contributed by atoms with Gasteiger partial charge in [0, 0.05) is 29.2 Å². The van der Waals surface area contributed by atoms with Crippen molar-refractivity contribution in [3.05, 3.63) is 34.3 Å². The fraction of sp³-hybridized carbons (Fsp3) is 0.562. The fourth-order valence-corrected chi connectivity index (χ4v) is 3.21. The van der Waals surface area contributed by atoms with Crippen LogP contribution in [0.3, 0.4) is 0 Å². The Kier molecular flexibility index (Phi) is 5.61. The molecule has 1 aromatic rings. The van der Waals surface area contributed by atoms with Gasteiger partial charge >= 0.3 is 0 Å². The molecule has 2 rings (SSSR count). The number of carbonyl (C=O) groups excluding carboxylic acids is 1. The minimum atomic E-state index is 0.162. The lowest BCUT2D eigenvalue weighted by molar-refractivity contribution is 0.0631. The van der Waals surface area contributed by atoms with Crippen LogP contribution in [0, 0.1) is 0 Å². The Bertz CT molecular complexity index is 434. The molecule has 20 heavy (non-hydrogen) atoms. The Hall–Kier alpha value is -0.870. The van der Waals surface area contributed by atoms with Crippen molar-refractivity contribution >= 4 is 21.8 Å². The standard InChI is InChI=1S/C16H23BrN2O/c1-3-18(4-2)15-9-11-19(12-10-15)16(20)13-5-7-14(17)8-6-13/h5-8,15H,3-4,9-12H2,1-2H3. The molecule has 1 heterocycles. The first-order valence-corrected chi connectivity index (χ1v) is 8.23. The zero-order chi connectivity index (χ0) is 14.5. The third-order valence-electron chi connectivity index (χ3n) is 4.17. The van der Waals surface area contributed by atoms with Gasteiger partial charge in [-0.05, 0) is 50.2 Å². The molecule has 3 nitrogen and oxygen atoms in total. The van der Waals surface area contributed by atoms with E-state index in [9.17, 15) is 4.79 Å². The van der Waals surface area contributed by atoms with Gasteiger partial charge in [-0.2, -0.15) is 0 Å². The maximum Gasteiger partial charge on any atom is 0.253 e. The molecule has 1 aliphatic heterocycles. The molecule has 0 aromatic heterocycles. The first kappa shape index (κ1) is 15.5. The van der Waals surface area contributed by atoms with E-state index in [1.807, 2.05) is 29.2 Å². The molecule has 4 heteroatoms. The highest BCUT2D eigenvalue weighted by Crippen LogP contribution is 2.19. The van der Waals surface area contributed by atoms with Crippen LogP contribution in [0.5, 0.6) is 0 Å². The summed E-state index contributed by atoms with van der Waals surface area (Å²) in [6.45, 7) is 8.36. The summed E-state index contributed by atoms with van der Waals surface area (Å²) in [6.07, 6.45) is 2.17. The van der Waals surface area contributed by atoms with Crippen molar-refractivity contribution in [3.8, 4) is 0 Å². The van der Waals surface area contributed by atoms with Crippen molar-refractivity contribution in [1.29, 1.82) is 0 Å². The largest absolute Gasteiger partial charge is 0.339 e. The molecule has 1 fully saturated rings. The van der Waals surface area contributed by atoms with E-state index in [1.54, 1.807) is 0 Å². The number of halogens is 1. The average molecular weight is 339 g/mol. The Labute approximate surface area is 130 Å². The Morgan fingerprint density at radius 1 is 1.20 bits per heavy atom. The second kappa shape index (κ2) is 7.23. The number of hydrogen-bond donors (Lipinski definition) is 0. The number of carbonyl (C=O) groups is 1. The monoisotopic (exact) mass is 338 g/mol. The molecule has 1 aromatic carbocycles. The van der Waals surface area contributed by atoms with Gasteiger partial charge in [-0.25, -0.2) is 0 Å². The lowest BCUT2D eigenvalue weighted by Gasteiger charge is -2.37. The van der Waals surface area contributed by atoms with Crippen LogP contribution in [0.4, 0.5) is 0 Å². The van der Waals surface area contributed by atoms with E-state index in [1.165, 1.54) is 0 Å². The molecule has 1 aliphatic rings. The lowest BCUT2D eigenvalue weighted by Crippen LogP contribution is -2.46. The first-order chi connectivity index (χ1) is 9.65. The predicted molar refractivity (Wildman–Crippen MR) is 86.0 cm³/mol. The molecule has 1 saturated heterocycles. The first-order valence-electron chi connectivity index (χ1n) is 7.44. The maximum atomic E-state index is 12.4. The van der Waals surface area contributed by atoms with E-state index in [2.05, 4.69) is 34.7 Å². The quantitative estimate of drug-likeness (QED) is 0.839. The zero-order valence-corrected chi connectivity index (χ0v) is 13.9. The summed E-state index contributed by atoms with van der Waals surface area (Å²) in [5, 5.41) is 0. The summed E-state index contributed by atoms with van der Waals surface area (Å²) in [4.78, 5) is 16.9. The molecular formula is C16H23BrN2O. The SMILES string of the molecule is CCN(CC)C1CCN(C(=O)c2ccc(Br)cc2)CC1. The van der Waals surface area contributed by atoms with Gasteiger partial charge in [-0.1, -0.05) is 29.8 Å². The van der Waals surface area contributed by atoms with Crippen LogP contribution in [0.15, 0.2) is 28.7 Å². The molecule has 0 atom stereocenters. The molecule has 0 N–H and O–H groups in total. The number of benzene rings is 1. The normalized spacial score (nSPS) is 16.7. The van der Waals surface area contributed by atoms with Gasteiger partial charge in [-0.15, -0.1) is 0 Å². The van der Waals surface area contributed by atoms with E-state index in [4.69, 9.17) is 0 Å². The van der Waals surface area contributed by atoms with Gasteiger partial charge in [0.05, 0.1) is 0 Å². The summed E-state index contributed by atoms with van der Waals surface area (Å²) in [5.74, 6) is 0.162. The molecule has 1 amide bonds. The third kappa shape index (κ3) is 3.61. The number of hydrogen-bond acceptors (Lipinski definition) is 2. The minimum Gasteiger partial charge on any atom is -0.339 e. The third-order valence-corrected chi connectivity index (χ3v) is 4.70. The molecule has 0 unspecified atom stereocenters. The van der Waals surface area contributed by atoms with Crippen LogP contribution >= 0.6 is 15.9 Å². The second-order valence-electron chi connectivity index (χ2n) is 5.25. The molecule has 0 bridgehead atoms. The molecule has 0 radical (unpaired) electrons. The van der Waals surface area contributed by atoms with Gasteiger partial charge in [0.2, 0.25) is 0 Å². The maximum absolute atomic E-state index is 12.4. The Morgan fingerprint density at radius 2 is 1.75 bits per heavy atom. The smallest absolute Gasteiger partial charge is 0.253 e. The van der Waals surface area contributed by atoms with Crippen LogP contribution in [0.25, 0.3) is 0 Å². The van der Waals surface area contributed by atoms with Crippen molar-refractivity contribution in [1.82, 2.24) is 9.80 Å². The van der Waals surface area contributed by atoms with Gasteiger partial charge in [-0.3, -0.25) is 4.79 Å². The van der Waals surface area contributed by atoms with Crippen LogP contribution in [0.2, 0.25) is 0 Å². The number of nitrogens with zero attached hydrogens (tertiary/aromatic N) is 2. The van der Waals surface area contributed by atoms with Crippen molar-refractivity contribution < 1.29 is 4.79 Å². The van der Waals surface area contributed by atoms with E-state index in [0.717, 1.165) is 49.1 Å². The lowest BCUT2D eigenvalue weighted by atomic mass is 10.0. The topological polar surface area (TPSA) is 23.6 Å². The predicted octanol–water partition coefficient (Wildman–Crippen LogP) is 3.40. The van der Waals surface area contributed by atoms with Crippen molar-refractivity contribution in [2.24, 2.45) is 0 Å². The van der Waals surface area contributed by atoms with Crippen LogP contribution < -0.4 is 0 Å². The number of likely N-dealkylation sites (tertiary alicyclic amines) is 1. The highest BCUT2D eigenvalue weighted by atomic mass is 79.9. The molecule has 0 saturated carbocycles. The summed E-state index contributed by atoms with van der Waals surface area (Å²) in [6, 6.07) is 8.27. The van der Waals surface area contributed by atoms with Gasteiger partial charge < -0.3 is 9.80 Å². The van der Waals surface area contributed by atoms with Gasteiger partial charge in [0.1, 0.15) is 0 Å². The second-order valence-corrected chi connectivity index (χ2v) is 6.17. The highest BCUT2D eigenvalue weighted by molar-refractivity contribution is 9.10. The van der Waals surface area contributed by atoms with Gasteiger partial charge in [0.15, 0.2) is 0 Å². The van der Waals surface area contributed by atoms with Crippen molar-refractivity contribution in [2.45, 2.75) is 32.7 Å². The Balaban J connectivity index is 1.93. The molecule has 0 spiro atoms. The van der Waals surface area contributed by atoms with Crippen LogP contribution in [-0.4, -0.2) is 47.9 Å². The minimum absolute atomic E-state index is 0.162. The Morgan fingerprint density at radius 3 is 2.25 bits per heavy atom. The number of rotatable bonds is 4. The fourth-order valence-electron chi connectivity index (χ4n) is 2.95. The average Bonchev–Trinajstić information content (AvgIpc) is 2.49.